The average molecular weight is 349 g/mol. The second-order valence-electron chi connectivity index (χ2n) is 4.01. The summed E-state index contributed by atoms with van der Waals surface area (Å²) < 4.78 is 0.734. The molecule has 0 radical (unpaired) electrons. The van der Waals surface area contributed by atoms with Crippen molar-refractivity contribution in [2.45, 2.75) is 26.3 Å². The molecule has 2 N–H and O–H groups in total. The molecule has 1 aromatic heterocycles. The number of ketones is 1. The number of nitrogens with zero attached hydrogens (tertiary/aromatic N) is 1. The minimum Gasteiger partial charge on any atom is -0.348 e. The molecule has 1 heterocycles. The summed E-state index contributed by atoms with van der Waals surface area (Å²) in [4.78, 5) is 30.0. The lowest BCUT2D eigenvalue weighted by Crippen LogP contribution is -2.44. The molecule has 0 spiro atoms. The maximum atomic E-state index is 11.7. The maximum absolute atomic E-state index is 11.7. The fourth-order valence-electron chi connectivity index (χ4n) is 1.30. The maximum Gasteiger partial charge on any atom is 0.224 e. The third kappa shape index (κ3) is 4.45. The number of halogens is 1. The van der Waals surface area contributed by atoms with Gasteiger partial charge in [-0.1, -0.05) is 29.5 Å². The molecule has 0 aromatic carbocycles. The van der Waals surface area contributed by atoms with Gasteiger partial charge in [0.25, 0.3) is 0 Å². The zero-order valence-corrected chi connectivity index (χ0v) is 12.0. The Bertz CT molecular complexity index is 378. The van der Waals surface area contributed by atoms with E-state index in [9.17, 15) is 9.59 Å². The summed E-state index contributed by atoms with van der Waals surface area (Å²) in [5, 5.41) is 2.76. The number of aromatic amines is 1. The highest BCUT2D eigenvalue weighted by molar-refractivity contribution is 14.1. The number of hydrogen-bond acceptors (Lipinski definition) is 3. The smallest absolute Gasteiger partial charge is 0.224 e. The zero-order valence-electron chi connectivity index (χ0n) is 9.87. The molecule has 0 aliphatic rings. The Hall–Kier alpha value is -0.920. The molecule has 1 rings (SSSR count). The van der Waals surface area contributed by atoms with Crippen molar-refractivity contribution in [3.63, 3.8) is 0 Å². The Labute approximate surface area is 114 Å². The van der Waals surface area contributed by atoms with Gasteiger partial charge in [-0.25, -0.2) is 4.98 Å². The number of carbonyl (C=O) groups excluding carboxylic acids is 2. The zero-order chi connectivity index (χ0) is 12.8. The lowest BCUT2D eigenvalue weighted by Gasteiger charge is -2.17. The Morgan fingerprint density at radius 2 is 2.29 bits per heavy atom. The average Bonchev–Trinajstić information content (AvgIpc) is 2.79. The van der Waals surface area contributed by atoms with Crippen LogP contribution in [-0.2, 0) is 16.0 Å². The standard InChI is InChI=1S/C11H16IN3O2/c1-7(4-12)11(17)15-10(8(2)16)3-9-5-13-6-14-9/h5-7,10H,3-4H2,1-2H3,(H,13,14)(H,15,17)/t7-,10?/m0/s1. The largest absolute Gasteiger partial charge is 0.348 e. The van der Waals surface area contributed by atoms with Crippen LogP contribution in [0.25, 0.3) is 0 Å². The van der Waals surface area contributed by atoms with E-state index in [1.807, 2.05) is 6.92 Å². The molecular weight excluding hydrogens is 333 g/mol. The van der Waals surface area contributed by atoms with Gasteiger partial charge in [0, 0.05) is 28.7 Å². The number of aromatic nitrogens is 2. The first kappa shape index (κ1) is 14.1. The van der Waals surface area contributed by atoms with Crippen molar-refractivity contribution < 1.29 is 9.59 Å². The SMILES string of the molecule is CC(=O)C(Cc1cnc[nH]1)NC(=O)[C@@H](C)CI. The lowest BCUT2D eigenvalue weighted by atomic mass is 10.1. The van der Waals surface area contributed by atoms with E-state index < -0.39 is 6.04 Å². The summed E-state index contributed by atoms with van der Waals surface area (Å²) in [7, 11) is 0. The van der Waals surface area contributed by atoms with Gasteiger partial charge in [0.2, 0.25) is 5.91 Å². The molecule has 0 fully saturated rings. The third-order valence-corrected chi connectivity index (χ3v) is 3.79. The number of H-pyrrole nitrogens is 1. The predicted octanol–water partition coefficient (Wildman–Crippen LogP) is 1.10. The fraction of sp³-hybridized carbons (Fsp3) is 0.545. The Morgan fingerprint density at radius 1 is 1.59 bits per heavy atom. The first-order valence-corrected chi connectivity index (χ1v) is 6.91. The number of imidazole rings is 1. The summed E-state index contributed by atoms with van der Waals surface area (Å²) in [5.41, 5.74) is 0.840. The summed E-state index contributed by atoms with van der Waals surface area (Å²) in [6.45, 7) is 3.32. The number of nitrogens with one attached hydrogen (secondary N) is 2. The van der Waals surface area contributed by atoms with Crippen molar-refractivity contribution in [1.82, 2.24) is 15.3 Å². The van der Waals surface area contributed by atoms with Gasteiger partial charge in [-0.05, 0) is 6.92 Å². The molecule has 94 valence electrons. The van der Waals surface area contributed by atoms with Gasteiger partial charge in [0.15, 0.2) is 5.78 Å². The van der Waals surface area contributed by atoms with Crippen molar-refractivity contribution in [1.29, 1.82) is 0 Å². The molecule has 1 unspecified atom stereocenters. The fourth-order valence-corrected chi connectivity index (χ4v) is 1.70. The van der Waals surface area contributed by atoms with Crippen molar-refractivity contribution in [2.24, 2.45) is 5.92 Å². The number of hydrogen-bond donors (Lipinski definition) is 2. The van der Waals surface area contributed by atoms with Crippen LogP contribution in [0.4, 0.5) is 0 Å². The van der Waals surface area contributed by atoms with Crippen LogP contribution >= 0.6 is 22.6 Å². The van der Waals surface area contributed by atoms with E-state index in [0.717, 1.165) is 10.1 Å². The van der Waals surface area contributed by atoms with Crippen LogP contribution in [0.5, 0.6) is 0 Å². The number of carbonyl (C=O) groups is 2. The van der Waals surface area contributed by atoms with Gasteiger partial charge in [-0.2, -0.15) is 0 Å². The van der Waals surface area contributed by atoms with E-state index in [1.165, 1.54) is 6.92 Å². The van der Waals surface area contributed by atoms with Crippen LogP contribution in [0.15, 0.2) is 12.5 Å². The number of rotatable bonds is 6. The van der Waals surface area contributed by atoms with E-state index in [1.54, 1.807) is 12.5 Å². The molecule has 2 atom stereocenters. The first-order valence-electron chi connectivity index (χ1n) is 5.38. The highest BCUT2D eigenvalue weighted by Gasteiger charge is 2.20. The highest BCUT2D eigenvalue weighted by Crippen LogP contribution is 2.04. The predicted molar refractivity (Wildman–Crippen MR) is 73.0 cm³/mol. The van der Waals surface area contributed by atoms with Gasteiger partial charge in [0.1, 0.15) is 0 Å². The van der Waals surface area contributed by atoms with Crippen LogP contribution < -0.4 is 5.32 Å². The minimum absolute atomic E-state index is 0.0476. The van der Waals surface area contributed by atoms with E-state index in [0.29, 0.717) is 6.42 Å². The normalized spacial score (nSPS) is 14.1. The molecule has 6 heteroatoms. The van der Waals surface area contributed by atoms with Crippen LogP contribution in [0, 0.1) is 5.92 Å². The summed E-state index contributed by atoms with van der Waals surface area (Å²) >= 11 is 2.15. The first-order chi connectivity index (χ1) is 8.04. The van der Waals surface area contributed by atoms with Gasteiger partial charge in [-0.15, -0.1) is 0 Å². The molecule has 0 aliphatic heterocycles. The third-order valence-electron chi connectivity index (χ3n) is 2.47. The lowest BCUT2D eigenvalue weighted by molar-refractivity contribution is -0.128. The van der Waals surface area contributed by atoms with Crippen molar-refractivity contribution >= 4 is 34.3 Å². The molecule has 0 aliphatic carbocycles. The van der Waals surface area contributed by atoms with E-state index in [4.69, 9.17) is 0 Å². The Kier molecular flexibility index (Phi) is 5.60. The van der Waals surface area contributed by atoms with E-state index >= 15 is 0 Å². The molecule has 5 nitrogen and oxygen atoms in total. The number of Topliss-reactive ketones (excluding diaryl/α,β-unsaturated/α-hetero) is 1. The highest BCUT2D eigenvalue weighted by atomic mass is 127. The van der Waals surface area contributed by atoms with Crippen LogP contribution in [-0.4, -0.2) is 32.1 Å². The summed E-state index contributed by atoms with van der Waals surface area (Å²) in [6, 6.07) is -0.478. The second kappa shape index (κ2) is 6.73. The number of amides is 1. The molecule has 17 heavy (non-hydrogen) atoms. The molecule has 1 amide bonds. The van der Waals surface area contributed by atoms with Gasteiger partial charge >= 0.3 is 0 Å². The van der Waals surface area contributed by atoms with Gasteiger partial charge in [-0.3, -0.25) is 9.59 Å². The number of alkyl halides is 1. The molecule has 0 saturated heterocycles. The second-order valence-corrected chi connectivity index (χ2v) is 4.89. The molecular formula is C11H16IN3O2. The minimum atomic E-state index is -0.478. The summed E-state index contributed by atoms with van der Waals surface area (Å²) in [6.07, 6.45) is 3.67. The van der Waals surface area contributed by atoms with E-state index in [2.05, 4.69) is 37.9 Å². The van der Waals surface area contributed by atoms with E-state index in [-0.39, 0.29) is 17.6 Å². The molecule has 1 aromatic rings. The van der Waals surface area contributed by atoms with Crippen molar-refractivity contribution in [2.75, 3.05) is 4.43 Å². The van der Waals surface area contributed by atoms with Crippen LogP contribution in [0.3, 0.4) is 0 Å². The monoisotopic (exact) mass is 349 g/mol. The summed E-state index contributed by atoms with van der Waals surface area (Å²) in [5.74, 6) is -0.216. The van der Waals surface area contributed by atoms with Crippen LogP contribution in [0.1, 0.15) is 19.5 Å². The Balaban J connectivity index is 2.61. The van der Waals surface area contributed by atoms with Crippen molar-refractivity contribution in [3.05, 3.63) is 18.2 Å². The Morgan fingerprint density at radius 3 is 2.76 bits per heavy atom. The topological polar surface area (TPSA) is 74.8 Å². The van der Waals surface area contributed by atoms with Gasteiger partial charge in [0.05, 0.1) is 12.4 Å². The quantitative estimate of drug-likeness (QED) is 0.597. The molecule has 0 bridgehead atoms. The van der Waals surface area contributed by atoms with Crippen LogP contribution in [0.2, 0.25) is 0 Å². The molecule has 0 saturated carbocycles. The van der Waals surface area contributed by atoms with Gasteiger partial charge < -0.3 is 10.3 Å². The van der Waals surface area contributed by atoms with Crippen molar-refractivity contribution in [3.8, 4) is 0 Å².